The number of hydrogen-bond acceptors (Lipinski definition) is 2. The zero-order valence-electron chi connectivity index (χ0n) is 11.8. The molecule has 3 nitrogen and oxygen atoms in total. The molecule has 0 aliphatic rings. The van der Waals surface area contributed by atoms with Crippen molar-refractivity contribution in [2.75, 3.05) is 0 Å². The topological polar surface area (TPSA) is 43.8 Å². The Morgan fingerprint density at radius 1 is 1.21 bits per heavy atom. The van der Waals surface area contributed by atoms with Gasteiger partial charge in [-0.15, -0.1) is 0 Å². The lowest BCUT2D eigenvalue weighted by Gasteiger charge is -2.21. The second-order valence-corrected chi connectivity index (χ2v) is 6.05. The summed E-state index contributed by atoms with van der Waals surface area (Å²) in [6.07, 6.45) is 1.82. The fourth-order valence-corrected chi connectivity index (χ4v) is 3.03. The van der Waals surface area contributed by atoms with E-state index in [4.69, 9.17) is 5.73 Å². The molecular weight excluding hydrogens is 302 g/mol. The Bertz CT molecular complexity index is 567. The summed E-state index contributed by atoms with van der Waals surface area (Å²) >= 11 is 3.57. The maximum absolute atomic E-state index is 6.51. The number of hydrogen-bond donors (Lipinski definition) is 1. The number of nitrogens with zero attached hydrogens (tertiary/aromatic N) is 2. The minimum Gasteiger partial charge on any atom is -0.319 e. The molecule has 4 heteroatoms. The molecular formula is C15H20BrN3. The van der Waals surface area contributed by atoms with Crippen LogP contribution in [0.25, 0.3) is 0 Å². The average Bonchev–Trinajstić information content (AvgIpc) is 2.70. The molecule has 1 aromatic carbocycles. The van der Waals surface area contributed by atoms with E-state index < -0.39 is 0 Å². The van der Waals surface area contributed by atoms with Gasteiger partial charge in [-0.3, -0.25) is 4.68 Å². The normalized spacial score (nSPS) is 13.0. The number of rotatable bonds is 3. The van der Waals surface area contributed by atoms with E-state index in [0.717, 1.165) is 10.2 Å². The van der Waals surface area contributed by atoms with Crippen molar-refractivity contribution in [1.82, 2.24) is 9.78 Å². The third kappa shape index (κ3) is 2.60. The molecule has 0 saturated heterocycles. The van der Waals surface area contributed by atoms with Gasteiger partial charge < -0.3 is 5.73 Å². The van der Waals surface area contributed by atoms with E-state index in [0.29, 0.717) is 0 Å². The molecule has 1 heterocycles. The molecule has 1 aromatic heterocycles. The molecule has 1 unspecified atom stereocenters. The van der Waals surface area contributed by atoms with Crippen LogP contribution in [0.15, 0.2) is 28.9 Å². The standard InChI is InChI=1S/C15H20BrN3/c1-9(2)19-15(12(16)8-18-19)14(17)13-10(3)6-5-7-11(13)4/h5-9,14H,17H2,1-4H3. The smallest absolute Gasteiger partial charge is 0.0742 e. The Morgan fingerprint density at radius 2 is 1.79 bits per heavy atom. The first kappa shape index (κ1) is 14.3. The number of benzene rings is 1. The van der Waals surface area contributed by atoms with Crippen molar-refractivity contribution in [2.45, 2.75) is 39.8 Å². The van der Waals surface area contributed by atoms with Gasteiger partial charge in [0.2, 0.25) is 0 Å². The van der Waals surface area contributed by atoms with Crippen LogP contribution in [0.2, 0.25) is 0 Å². The van der Waals surface area contributed by atoms with Crippen molar-refractivity contribution in [2.24, 2.45) is 5.73 Å². The highest BCUT2D eigenvalue weighted by Crippen LogP contribution is 2.31. The molecule has 1 atom stereocenters. The predicted octanol–water partition coefficient (Wildman–Crippen LogP) is 3.89. The van der Waals surface area contributed by atoms with Crippen molar-refractivity contribution in [3.63, 3.8) is 0 Å². The van der Waals surface area contributed by atoms with Crippen LogP contribution in [-0.4, -0.2) is 9.78 Å². The average molecular weight is 322 g/mol. The van der Waals surface area contributed by atoms with E-state index in [-0.39, 0.29) is 12.1 Å². The van der Waals surface area contributed by atoms with Crippen LogP contribution in [0.1, 0.15) is 48.3 Å². The van der Waals surface area contributed by atoms with Crippen LogP contribution in [0, 0.1) is 13.8 Å². The molecule has 2 aromatic rings. The molecule has 0 spiro atoms. The van der Waals surface area contributed by atoms with Gasteiger partial charge in [0.25, 0.3) is 0 Å². The molecule has 0 amide bonds. The summed E-state index contributed by atoms with van der Waals surface area (Å²) in [4.78, 5) is 0. The Labute approximate surface area is 122 Å². The lowest BCUT2D eigenvalue weighted by Crippen LogP contribution is -2.21. The first-order valence-corrected chi connectivity index (χ1v) is 7.27. The van der Waals surface area contributed by atoms with Gasteiger partial charge in [-0.05, 0) is 60.3 Å². The van der Waals surface area contributed by atoms with Crippen molar-refractivity contribution in [3.8, 4) is 0 Å². The van der Waals surface area contributed by atoms with Gasteiger partial charge >= 0.3 is 0 Å². The molecule has 2 N–H and O–H groups in total. The van der Waals surface area contributed by atoms with Crippen molar-refractivity contribution in [3.05, 3.63) is 51.3 Å². The molecule has 102 valence electrons. The summed E-state index contributed by atoms with van der Waals surface area (Å²) < 4.78 is 2.96. The highest BCUT2D eigenvalue weighted by Gasteiger charge is 2.22. The van der Waals surface area contributed by atoms with Gasteiger partial charge in [-0.1, -0.05) is 18.2 Å². The molecule has 0 saturated carbocycles. The van der Waals surface area contributed by atoms with E-state index >= 15 is 0 Å². The van der Waals surface area contributed by atoms with Gasteiger partial charge in [0.15, 0.2) is 0 Å². The first-order chi connectivity index (χ1) is 8.93. The fourth-order valence-electron chi connectivity index (χ4n) is 2.51. The third-order valence-corrected chi connectivity index (χ3v) is 4.03. The Hall–Kier alpha value is -1.13. The first-order valence-electron chi connectivity index (χ1n) is 6.48. The molecule has 0 aliphatic heterocycles. The fraction of sp³-hybridized carbons (Fsp3) is 0.400. The lowest BCUT2D eigenvalue weighted by atomic mass is 9.94. The van der Waals surface area contributed by atoms with Crippen LogP contribution < -0.4 is 5.73 Å². The highest BCUT2D eigenvalue weighted by molar-refractivity contribution is 9.10. The quantitative estimate of drug-likeness (QED) is 0.931. The highest BCUT2D eigenvalue weighted by atomic mass is 79.9. The monoisotopic (exact) mass is 321 g/mol. The zero-order chi connectivity index (χ0) is 14.2. The molecule has 19 heavy (non-hydrogen) atoms. The molecule has 0 aliphatic carbocycles. The maximum atomic E-state index is 6.51. The third-order valence-electron chi connectivity index (χ3n) is 3.42. The summed E-state index contributed by atoms with van der Waals surface area (Å²) in [6, 6.07) is 6.39. The molecule has 0 fully saturated rings. The number of nitrogens with two attached hydrogens (primary N) is 1. The van der Waals surface area contributed by atoms with Gasteiger partial charge in [-0.2, -0.15) is 5.10 Å². The van der Waals surface area contributed by atoms with Crippen molar-refractivity contribution < 1.29 is 0 Å². The molecule has 0 radical (unpaired) electrons. The Morgan fingerprint density at radius 3 is 2.32 bits per heavy atom. The van der Waals surface area contributed by atoms with Gasteiger partial charge in [0, 0.05) is 6.04 Å². The van der Waals surface area contributed by atoms with Crippen molar-refractivity contribution >= 4 is 15.9 Å². The van der Waals surface area contributed by atoms with Crippen LogP contribution in [-0.2, 0) is 0 Å². The van der Waals surface area contributed by atoms with Crippen LogP contribution in [0.3, 0.4) is 0 Å². The van der Waals surface area contributed by atoms with Gasteiger partial charge in [-0.25, -0.2) is 0 Å². The van der Waals surface area contributed by atoms with Crippen molar-refractivity contribution in [1.29, 1.82) is 0 Å². The molecule has 0 bridgehead atoms. The number of halogens is 1. The Kier molecular flexibility index (Phi) is 4.11. The van der Waals surface area contributed by atoms with E-state index in [1.807, 2.05) is 10.9 Å². The summed E-state index contributed by atoms with van der Waals surface area (Å²) in [5.74, 6) is 0. The zero-order valence-corrected chi connectivity index (χ0v) is 13.4. The summed E-state index contributed by atoms with van der Waals surface area (Å²) in [6.45, 7) is 8.43. The van der Waals surface area contributed by atoms with E-state index in [2.05, 4.69) is 66.9 Å². The summed E-state index contributed by atoms with van der Waals surface area (Å²) in [5, 5.41) is 4.41. The maximum Gasteiger partial charge on any atom is 0.0742 e. The van der Waals surface area contributed by atoms with Crippen LogP contribution in [0.4, 0.5) is 0 Å². The lowest BCUT2D eigenvalue weighted by molar-refractivity contribution is 0.498. The minimum absolute atomic E-state index is 0.166. The molecule has 2 rings (SSSR count). The van der Waals surface area contributed by atoms with E-state index in [9.17, 15) is 0 Å². The number of aromatic nitrogens is 2. The largest absolute Gasteiger partial charge is 0.319 e. The Balaban J connectivity index is 2.56. The summed E-state index contributed by atoms with van der Waals surface area (Å²) in [5.41, 5.74) is 11.2. The second-order valence-electron chi connectivity index (χ2n) is 5.20. The van der Waals surface area contributed by atoms with Gasteiger partial charge in [0.1, 0.15) is 0 Å². The van der Waals surface area contributed by atoms with Crippen LogP contribution >= 0.6 is 15.9 Å². The minimum atomic E-state index is -0.166. The number of aryl methyl sites for hydroxylation is 2. The second kappa shape index (κ2) is 5.47. The van der Waals surface area contributed by atoms with E-state index in [1.165, 1.54) is 16.7 Å². The van der Waals surface area contributed by atoms with Crippen LogP contribution in [0.5, 0.6) is 0 Å². The predicted molar refractivity (Wildman–Crippen MR) is 82.3 cm³/mol. The summed E-state index contributed by atoms with van der Waals surface area (Å²) in [7, 11) is 0. The van der Waals surface area contributed by atoms with E-state index in [1.54, 1.807) is 0 Å². The van der Waals surface area contributed by atoms with Gasteiger partial charge in [0.05, 0.1) is 22.4 Å². The SMILES string of the molecule is Cc1cccc(C)c1C(N)c1c(Br)cnn1C(C)C.